The van der Waals surface area contributed by atoms with Crippen LogP contribution >= 0.6 is 0 Å². The van der Waals surface area contributed by atoms with Gasteiger partial charge in [-0.15, -0.1) is 0 Å². The fourth-order valence-electron chi connectivity index (χ4n) is 2.53. The van der Waals surface area contributed by atoms with Crippen LogP contribution in [0.2, 0.25) is 0 Å². The highest BCUT2D eigenvalue weighted by Gasteiger charge is 2.12. The first kappa shape index (κ1) is 11.1. The van der Waals surface area contributed by atoms with Crippen LogP contribution in [0.25, 0.3) is 0 Å². The molecular formula is C15H17N3. The quantitative estimate of drug-likeness (QED) is 0.845. The van der Waals surface area contributed by atoms with Gasteiger partial charge in [0.2, 0.25) is 0 Å². The van der Waals surface area contributed by atoms with Gasteiger partial charge >= 0.3 is 0 Å². The van der Waals surface area contributed by atoms with Crippen LogP contribution in [-0.4, -0.2) is 4.98 Å². The van der Waals surface area contributed by atoms with Gasteiger partial charge in [0, 0.05) is 5.69 Å². The summed E-state index contributed by atoms with van der Waals surface area (Å²) in [7, 11) is 0. The zero-order valence-corrected chi connectivity index (χ0v) is 10.3. The topological polar surface area (TPSA) is 50.9 Å². The molecule has 0 saturated carbocycles. The fraction of sp³-hybridized carbons (Fsp3) is 0.267. The van der Waals surface area contributed by atoms with Crippen molar-refractivity contribution in [1.29, 1.82) is 0 Å². The van der Waals surface area contributed by atoms with Gasteiger partial charge in [0.1, 0.15) is 5.82 Å². The smallest absolute Gasteiger partial charge is 0.123 e. The molecule has 0 bridgehead atoms. The molecule has 1 aromatic heterocycles. The van der Waals surface area contributed by atoms with E-state index < -0.39 is 0 Å². The number of nitrogens with zero attached hydrogens (tertiary/aromatic N) is 1. The molecule has 3 nitrogen and oxygen atoms in total. The Bertz CT molecular complexity index is 546. The van der Waals surface area contributed by atoms with Crippen LogP contribution in [0, 0.1) is 0 Å². The van der Waals surface area contributed by atoms with E-state index in [1.807, 2.05) is 12.1 Å². The van der Waals surface area contributed by atoms with Gasteiger partial charge in [0.15, 0.2) is 0 Å². The molecule has 0 fully saturated rings. The lowest BCUT2D eigenvalue weighted by molar-refractivity contribution is 0.687. The lowest BCUT2D eigenvalue weighted by Gasteiger charge is -2.20. The highest BCUT2D eigenvalue weighted by molar-refractivity contribution is 5.65. The number of anilines is 3. The first-order chi connectivity index (χ1) is 8.83. The van der Waals surface area contributed by atoms with E-state index in [2.05, 4.69) is 28.5 Å². The molecule has 0 spiro atoms. The average Bonchev–Trinajstić information content (AvgIpc) is 2.42. The molecule has 3 heteroatoms. The summed E-state index contributed by atoms with van der Waals surface area (Å²) in [6.07, 6.45) is 6.73. The van der Waals surface area contributed by atoms with Gasteiger partial charge in [0.05, 0.1) is 11.9 Å². The van der Waals surface area contributed by atoms with Crippen molar-refractivity contribution in [3.05, 3.63) is 47.7 Å². The molecule has 1 aliphatic carbocycles. The summed E-state index contributed by atoms with van der Waals surface area (Å²) >= 11 is 0. The van der Waals surface area contributed by atoms with Gasteiger partial charge in [-0.1, -0.05) is 12.1 Å². The van der Waals surface area contributed by atoms with Gasteiger partial charge in [-0.25, -0.2) is 4.98 Å². The molecule has 0 amide bonds. The van der Waals surface area contributed by atoms with E-state index in [4.69, 9.17) is 5.73 Å². The molecular weight excluding hydrogens is 222 g/mol. The number of pyridine rings is 1. The Hall–Kier alpha value is -2.03. The summed E-state index contributed by atoms with van der Waals surface area (Å²) < 4.78 is 0. The van der Waals surface area contributed by atoms with Gasteiger partial charge in [-0.2, -0.15) is 0 Å². The van der Waals surface area contributed by atoms with Gasteiger partial charge < -0.3 is 11.1 Å². The molecule has 1 aromatic carbocycles. The lowest BCUT2D eigenvalue weighted by atomic mass is 9.90. The molecule has 0 saturated heterocycles. The number of aryl methyl sites for hydroxylation is 1. The largest absolute Gasteiger partial charge is 0.384 e. The summed E-state index contributed by atoms with van der Waals surface area (Å²) in [6.45, 7) is 0. The number of aromatic nitrogens is 1. The normalized spacial score (nSPS) is 14.0. The van der Waals surface area contributed by atoms with Crippen molar-refractivity contribution < 1.29 is 0 Å². The molecule has 3 N–H and O–H groups in total. The van der Waals surface area contributed by atoms with E-state index in [1.54, 1.807) is 6.20 Å². The zero-order valence-electron chi connectivity index (χ0n) is 10.3. The van der Waals surface area contributed by atoms with E-state index in [-0.39, 0.29) is 0 Å². The minimum atomic E-state index is 0.552. The molecule has 3 rings (SSSR count). The maximum atomic E-state index is 5.59. The third kappa shape index (κ3) is 2.16. The van der Waals surface area contributed by atoms with E-state index in [0.717, 1.165) is 5.69 Å². The van der Waals surface area contributed by atoms with Crippen LogP contribution in [0.1, 0.15) is 24.0 Å². The Kier molecular flexibility index (Phi) is 2.89. The standard InChI is InChI=1S/C15H17N3/c16-15-9-8-12(10-17-15)18-14-7-3-5-11-4-1-2-6-13(11)14/h3,5,7-10,18H,1-2,4,6H2,(H2,16,17). The summed E-state index contributed by atoms with van der Waals surface area (Å²) in [5, 5.41) is 3.44. The van der Waals surface area contributed by atoms with Crippen molar-refractivity contribution >= 4 is 17.2 Å². The third-order valence-electron chi connectivity index (χ3n) is 3.46. The Morgan fingerprint density at radius 1 is 1.06 bits per heavy atom. The number of hydrogen-bond acceptors (Lipinski definition) is 3. The van der Waals surface area contributed by atoms with E-state index in [9.17, 15) is 0 Å². The van der Waals surface area contributed by atoms with Crippen molar-refractivity contribution in [2.75, 3.05) is 11.1 Å². The summed E-state index contributed by atoms with van der Waals surface area (Å²) in [6, 6.07) is 10.3. The van der Waals surface area contributed by atoms with Gasteiger partial charge in [-0.3, -0.25) is 0 Å². The van der Waals surface area contributed by atoms with Crippen molar-refractivity contribution in [3.63, 3.8) is 0 Å². The minimum absolute atomic E-state index is 0.552. The number of benzene rings is 1. The Morgan fingerprint density at radius 3 is 2.78 bits per heavy atom. The molecule has 18 heavy (non-hydrogen) atoms. The maximum absolute atomic E-state index is 5.59. The van der Waals surface area contributed by atoms with Crippen molar-refractivity contribution in [1.82, 2.24) is 4.98 Å². The Morgan fingerprint density at radius 2 is 1.94 bits per heavy atom. The lowest BCUT2D eigenvalue weighted by Crippen LogP contribution is -2.06. The van der Waals surface area contributed by atoms with Crippen LogP contribution in [0.5, 0.6) is 0 Å². The highest BCUT2D eigenvalue weighted by Crippen LogP contribution is 2.29. The fourth-order valence-corrected chi connectivity index (χ4v) is 2.53. The second kappa shape index (κ2) is 4.69. The number of hydrogen-bond donors (Lipinski definition) is 2. The molecule has 92 valence electrons. The molecule has 0 atom stereocenters. The van der Waals surface area contributed by atoms with Crippen LogP contribution in [0.15, 0.2) is 36.5 Å². The first-order valence-corrected chi connectivity index (χ1v) is 6.42. The van der Waals surface area contributed by atoms with Gasteiger partial charge in [0.25, 0.3) is 0 Å². The average molecular weight is 239 g/mol. The molecule has 1 aliphatic rings. The molecule has 2 aromatic rings. The van der Waals surface area contributed by atoms with Crippen LogP contribution < -0.4 is 11.1 Å². The van der Waals surface area contributed by atoms with Crippen LogP contribution in [0.4, 0.5) is 17.2 Å². The summed E-state index contributed by atoms with van der Waals surface area (Å²) in [4.78, 5) is 4.10. The SMILES string of the molecule is Nc1ccc(Nc2cccc3c2CCCC3)cn1. The molecule has 0 radical (unpaired) electrons. The summed E-state index contributed by atoms with van der Waals surface area (Å²) in [5.74, 6) is 0.552. The number of nitrogen functional groups attached to an aromatic ring is 1. The number of nitrogens with one attached hydrogen (secondary N) is 1. The second-order valence-electron chi connectivity index (χ2n) is 4.75. The predicted molar refractivity (Wildman–Crippen MR) is 75.0 cm³/mol. The van der Waals surface area contributed by atoms with E-state index in [0.29, 0.717) is 5.82 Å². The minimum Gasteiger partial charge on any atom is -0.384 e. The molecule has 1 heterocycles. The van der Waals surface area contributed by atoms with Crippen molar-refractivity contribution in [3.8, 4) is 0 Å². The van der Waals surface area contributed by atoms with Crippen molar-refractivity contribution in [2.45, 2.75) is 25.7 Å². The molecule has 0 aliphatic heterocycles. The monoisotopic (exact) mass is 239 g/mol. The van der Waals surface area contributed by atoms with Crippen LogP contribution in [0.3, 0.4) is 0 Å². The first-order valence-electron chi connectivity index (χ1n) is 6.42. The zero-order chi connectivity index (χ0) is 12.4. The van der Waals surface area contributed by atoms with Gasteiger partial charge in [-0.05, 0) is 55.0 Å². The third-order valence-corrected chi connectivity index (χ3v) is 3.46. The van der Waals surface area contributed by atoms with Crippen molar-refractivity contribution in [2.24, 2.45) is 0 Å². The molecule has 0 unspecified atom stereocenters. The summed E-state index contributed by atoms with van der Waals surface area (Å²) in [5.41, 5.74) is 10.7. The predicted octanol–water partition coefficient (Wildman–Crippen LogP) is 3.29. The Labute approximate surface area is 107 Å². The highest BCUT2D eigenvalue weighted by atomic mass is 14.9. The second-order valence-corrected chi connectivity index (χ2v) is 4.75. The van der Waals surface area contributed by atoms with E-state index >= 15 is 0 Å². The number of rotatable bonds is 2. The Balaban J connectivity index is 1.90. The van der Waals surface area contributed by atoms with E-state index in [1.165, 1.54) is 42.5 Å². The maximum Gasteiger partial charge on any atom is 0.123 e. The number of nitrogens with two attached hydrogens (primary N) is 1. The number of fused-ring (bicyclic) bond motifs is 1. The van der Waals surface area contributed by atoms with Crippen LogP contribution in [-0.2, 0) is 12.8 Å².